The van der Waals surface area contributed by atoms with Crippen molar-refractivity contribution in [2.45, 2.75) is 13.0 Å². The highest BCUT2D eigenvalue weighted by Crippen LogP contribution is 2.29. The highest BCUT2D eigenvalue weighted by molar-refractivity contribution is 9.10. The van der Waals surface area contributed by atoms with E-state index in [1.807, 2.05) is 11.3 Å². The molecule has 0 unspecified atom stereocenters. The van der Waals surface area contributed by atoms with Gasteiger partial charge in [0.05, 0.1) is 0 Å². The highest BCUT2D eigenvalue weighted by atomic mass is 79.9. The van der Waals surface area contributed by atoms with Crippen LogP contribution in [-0.4, -0.2) is 6.54 Å². The maximum absolute atomic E-state index is 3.52. The first-order valence-corrected chi connectivity index (χ1v) is 5.00. The first-order chi connectivity index (χ1) is 4.88. The van der Waals surface area contributed by atoms with Gasteiger partial charge in [0, 0.05) is 27.8 Å². The van der Waals surface area contributed by atoms with Crippen LogP contribution in [0.15, 0.2) is 9.85 Å². The van der Waals surface area contributed by atoms with E-state index in [4.69, 9.17) is 0 Å². The van der Waals surface area contributed by atoms with Crippen LogP contribution in [0.3, 0.4) is 0 Å². The van der Waals surface area contributed by atoms with Crippen LogP contribution in [0.1, 0.15) is 10.4 Å². The number of hydrogen-bond donors (Lipinski definition) is 1. The van der Waals surface area contributed by atoms with Crippen LogP contribution in [0.25, 0.3) is 0 Å². The molecule has 0 aliphatic carbocycles. The first-order valence-electron chi connectivity index (χ1n) is 3.33. The maximum Gasteiger partial charge on any atom is 0.0330 e. The number of thiophene rings is 1. The quantitative estimate of drug-likeness (QED) is 0.750. The van der Waals surface area contributed by atoms with Crippen molar-refractivity contribution in [1.82, 2.24) is 5.32 Å². The molecule has 1 aromatic rings. The van der Waals surface area contributed by atoms with Crippen LogP contribution in [0.4, 0.5) is 0 Å². The lowest BCUT2D eigenvalue weighted by atomic mass is 10.1. The summed E-state index contributed by atoms with van der Waals surface area (Å²) in [7, 11) is 0. The maximum atomic E-state index is 3.52. The van der Waals surface area contributed by atoms with Gasteiger partial charge in [-0.2, -0.15) is 0 Å². The molecule has 2 rings (SSSR count). The molecule has 1 N–H and O–H groups in total. The van der Waals surface area contributed by atoms with Gasteiger partial charge in [0.2, 0.25) is 0 Å². The molecular formula is C7H9BrClNS. The molecule has 0 saturated heterocycles. The Kier molecular flexibility index (Phi) is 3.37. The molecule has 0 atom stereocenters. The molecule has 0 radical (unpaired) electrons. The number of fused-ring (bicyclic) bond motifs is 1. The van der Waals surface area contributed by atoms with E-state index < -0.39 is 0 Å². The van der Waals surface area contributed by atoms with Crippen LogP contribution in [0.2, 0.25) is 0 Å². The third-order valence-corrected chi connectivity index (χ3v) is 3.86. The van der Waals surface area contributed by atoms with Crippen LogP contribution >= 0.6 is 39.7 Å². The minimum absolute atomic E-state index is 0. The fraction of sp³-hybridized carbons (Fsp3) is 0.429. The van der Waals surface area contributed by atoms with Crippen molar-refractivity contribution >= 4 is 39.7 Å². The van der Waals surface area contributed by atoms with Gasteiger partial charge >= 0.3 is 0 Å². The monoisotopic (exact) mass is 253 g/mol. The van der Waals surface area contributed by atoms with Crippen molar-refractivity contribution in [1.29, 1.82) is 0 Å². The average Bonchev–Trinajstić information content (AvgIpc) is 2.34. The van der Waals surface area contributed by atoms with Crippen LogP contribution in [0.5, 0.6) is 0 Å². The normalized spacial score (nSPS) is 15.4. The molecule has 0 spiro atoms. The SMILES string of the molecule is Brc1csc2c1CNCC2.Cl. The third-order valence-electron chi connectivity index (χ3n) is 1.76. The molecule has 1 aliphatic heterocycles. The molecule has 0 bridgehead atoms. The fourth-order valence-electron chi connectivity index (χ4n) is 1.21. The lowest BCUT2D eigenvalue weighted by Gasteiger charge is -2.12. The van der Waals surface area contributed by atoms with E-state index in [2.05, 4.69) is 26.6 Å². The summed E-state index contributed by atoms with van der Waals surface area (Å²) in [6.07, 6.45) is 1.20. The summed E-state index contributed by atoms with van der Waals surface area (Å²) in [6, 6.07) is 0. The number of hydrogen-bond acceptors (Lipinski definition) is 2. The average molecular weight is 255 g/mol. The minimum Gasteiger partial charge on any atom is -0.312 e. The molecule has 0 aromatic carbocycles. The second-order valence-electron chi connectivity index (χ2n) is 2.41. The third kappa shape index (κ3) is 1.78. The van der Waals surface area contributed by atoms with E-state index in [0.29, 0.717) is 0 Å². The van der Waals surface area contributed by atoms with Gasteiger partial charge in [-0.05, 0) is 27.9 Å². The van der Waals surface area contributed by atoms with Gasteiger partial charge in [0.1, 0.15) is 0 Å². The lowest BCUT2D eigenvalue weighted by Crippen LogP contribution is -2.22. The lowest BCUT2D eigenvalue weighted by molar-refractivity contribution is 0.651. The zero-order chi connectivity index (χ0) is 6.97. The number of halogens is 2. The fourth-order valence-corrected chi connectivity index (χ4v) is 2.93. The second-order valence-corrected chi connectivity index (χ2v) is 4.23. The van der Waals surface area contributed by atoms with Gasteiger partial charge in [0.15, 0.2) is 0 Å². The van der Waals surface area contributed by atoms with E-state index in [9.17, 15) is 0 Å². The molecule has 62 valence electrons. The Morgan fingerprint density at radius 2 is 2.36 bits per heavy atom. The Morgan fingerprint density at radius 1 is 1.55 bits per heavy atom. The summed E-state index contributed by atoms with van der Waals surface area (Å²) in [6.45, 7) is 2.18. The van der Waals surface area contributed by atoms with Gasteiger partial charge in [0.25, 0.3) is 0 Å². The smallest absolute Gasteiger partial charge is 0.0330 e. The largest absolute Gasteiger partial charge is 0.312 e. The molecule has 2 heterocycles. The Balaban J connectivity index is 0.000000605. The van der Waals surface area contributed by atoms with Crippen molar-refractivity contribution in [3.63, 3.8) is 0 Å². The van der Waals surface area contributed by atoms with Gasteiger partial charge in [-0.1, -0.05) is 0 Å². The molecule has 4 heteroatoms. The predicted molar refractivity (Wildman–Crippen MR) is 54.7 cm³/mol. The molecule has 1 nitrogen and oxygen atoms in total. The van der Waals surface area contributed by atoms with Gasteiger partial charge < -0.3 is 5.32 Å². The van der Waals surface area contributed by atoms with Crippen LogP contribution in [-0.2, 0) is 13.0 Å². The van der Waals surface area contributed by atoms with Crippen molar-refractivity contribution in [3.8, 4) is 0 Å². The van der Waals surface area contributed by atoms with E-state index >= 15 is 0 Å². The molecule has 11 heavy (non-hydrogen) atoms. The standard InChI is InChI=1S/C7H8BrNS.ClH/c8-6-4-10-7-1-2-9-3-5(6)7;/h4,9H,1-3H2;1H. The van der Waals surface area contributed by atoms with Crippen molar-refractivity contribution in [3.05, 3.63) is 20.3 Å². The summed E-state index contributed by atoms with van der Waals surface area (Å²) >= 11 is 5.39. The zero-order valence-electron chi connectivity index (χ0n) is 5.89. The van der Waals surface area contributed by atoms with Crippen molar-refractivity contribution < 1.29 is 0 Å². The first kappa shape index (κ1) is 9.52. The van der Waals surface area contributed by atoms with E-state index in [1.54, 1.807) is 4.88 Å². The Morgan fingerprint density at radius 3 is 3.09 bits per heavy atom. The Hall–Kier alpha value is 0.430. The highest BCUT2D eigenvalue weighted by Gasteiger charge is 2.12. The van der Waals surface area contributed by atoms with E-state index in [0.717, 1.165) is 13.1 Å². The molecule has 1 aliphatic rings. The molecule has 0 amide bonds. The van der Waals surface area contributed by atoms with Crippen LogP contribution in [0, 0.1) is 0 Å². The van der Waals surface area contributed by atoms with E-state index in [1.165, 1.54) is 16.5 Å². The summed E-state index contributed by atoms with van der Waals surface area (Å²) < 4.78 is 1.28. The summed E-state index contributed by atoms with van der Waals surface area (Å²) in [5.74, 6) is 0. The van der Waals surface area contributed by atoms with Gasteiger partial charge in [-0.25, -0.2) is 0 Å². The Labute approximate surface area is 84.7 Å². The van der Waals surface area contributed by atoms with E-state index in [-0.39, 0.29) is 12.4 Å². The van der Waals surface area contributed by atoms with Crippen molar-refractivity contribution in [2.24, 2.45) is 0 Å². The summed E-state index contributed by atoms with van der Waals surface area (Å²) in [5.41, 5.74) is 1.47. The number of rotatable bonds is 0. The molecule has 1 aromatic heterocycles. The topological polar surface area (TPSA) is 12.0 Å². The molecule has 0 fully saturated rings. The second kappa shape index (κ2) is 3.90. The zero-order valence-corrected chi connectivity index (χ0v) is 9.11. The number of nitrogens with one attached hydrogen (secondary N) is 1. The predicted octanol–water partition coefficient (Wildman–Crippen LogP) is 2.58. The molecule has 0 saturated carbocycles. The summed E-state index contributed by atoms with van der Waals surface area (Å²) in [4.78, 5) is 1.55. The van der Waals surface area contributed by atoms with Gasteiger partial charge in [-0.3, -0.25) is 0 Å². The Bertz CT molecular complexity index is 249. The molecular weight excluding hydrogens is 246 g/mol. The minimum atomic E-state index is 0. The van der Waals surface area contributed by atoms with Crippen molar-refractivity contribution in [2.75, 3.05) is 6.54 Å². The van der Waals surface area contributed by atoms with Gasteiger partial charge in [-0.15, -0.1) is 23.7 Å². The van der Waals surface area contributed by atoms with Crippen LogP contribution < -0.4 is 5.32 Å². The summed E-state index contributed by atoms with van der Waals surface area (Å²) in [5, 5.41) is 5.52.